The Hall–Kier alpha value is -1.42. The van der Waals surface area contributed by atoms with Crippen LogP contribution in [0.25, 0.3) is 0 Å². The van der Waals surface area contributed by atoms with Crippen LogP contribution in [0.3, 0.4) is 0 Å². The summed E-state index contributed by atoms with van der Waals surface area (Å²) in [5, 5.41) is 0. The van der Waals surface area contributed by atoms with Crippen molar-refractivity contribution in [1.29, 1.82) is 0 Å². The van der Waals surface area contributed by atoms with Crippen LogP contribution in [0.15, 0.2) is 18.3 Å². The van der Waals surface area contributed by atoms with Gasteiger partial charge in [0.2, 0.25) is 0 Å². The number of nitrogens with zero attached hydrogens (tertiary/aromatic N) is 1. The normalized spacial score (nSPS) is 17.2. The van der Waals surface area contributed by atoms with E-state index in [0.29, 0.717) is 17.8 Å². The largest absolute Gasteiger partial charge is 0.459 e. The lowest BCUT2D eigenvalue weighted by atomic mass is 10.1. The maximum Gasteiger partial charge on any atom is 0.338 e. The number of aromatic nitrogens is 1. The molecule has 0 aliphatic heterocycles. The summed E-state index contributed by atoms with van der Waals surface area (Å²) < 4.78 is 5.55. The number of hydrogen-bond donors (Lipinski definition) is 1. The predicted molar refractivity (Wildman–Crippen MR) is 69.0 cm³/mol. The van der Waals surface area contributed by atoms with Gasteiger partial charge in [-0.2, -0.15) is 0 Å². The zero-order valence-electron chi connectivity index (χ0n) is 10.6. The van der Waals surface area contributed by atoms with Crippen molar-refractivity contribution in [2.24, 2.45) is 5.73 Å². The van der Waals surface area contributed by atoms with Crippen LogP contribution in [0.5, 0.6) is 0 Å². The smallest absolute Gasteiger partial charge is 0.338 e. The van der Waals surface area contributed by atoms with Crippen LogP contribution in [0.1, 0.15) is 54.6 Å². The number of esters is 1. The minimum Gasteiger partial charge on any atom is -0.459 e. The zero-order valence-corrected chi connectivity index (χ0v) is 10.6. The summed E-state index contributed by atoms with van der Waals surface area (Å²) in [6, 6.07) is 3.39. The van der Waals surface area contributed by atoms with E-state index in [2.05, 4.69) is 4.98 Å². The minimum absolute atomic E-state index is 0.0782. The van der Waals surface area contributed by atoms with Crippen molar-refractivity contribution >= 4 is 5.97 Å². The Morgan fingerprint density at radius 3 is 2.72 bits per heavy atom. The quantitative estimate of drug-likeness (QED) is 0.659. The lowest BCUT2D eigenvalue weighted by Gasteiger charge is -2.15. The van der Waals surface area contributed by atoms with E-state index in [1.807, 2.05) is 0 Å². The molecule has 0 bridgehead atoms. The number of rotatable bonds is 3. The van der Waals surface area contributed by atoms with E-state index in [4.69, 9.17) is 10.5 Å². The van der Waals surface area contributed by atoms with E-state index in [0.717, 1.165) is 25.7 Å². The summed E-state index contributed by atoms with van der Waals surface area (Å²) in [5.41, 5.74) is 6.77. The molecule has 98 valence electrons. The summed E-state index contributed by atoms with van der Waals surface area (Å²) in [6.45, 7) is 0.338. The highest BCUT2D eigenvalue weighted by molar-refractivity contribution is 5.89. The molecule has 1 aliphatic rings. The van der Waals surface area contributed by atoms with Gasteiger partial charge in [-0.15, -0.1) is 0 Å². The topological polar surface area (TPSA) is 65.2 Å². The summed E-state index contributed by atoms with van der Waals surface area (Å²) >= 11 is 0. The molecule has 0 spiro atoms. The first-order valence-corrected chi connectivity index (χ1v) is 6.65. The van der Waals surface area contributed by atoms with Crippen molar-refractivity contribution in [1.82, 2.24) is 4.98 Å². The van der Waals surface area contributed by atoms with Gasteiger partial charge in [0.15, 0.2) is 0 Å². The van der Waals surface area contributed by atoms with Crippen LogP contribution in [0.4, 0.5) is 0 Å². The van der Waals surface area contributed by atoms with Crippen LogP contribution < -0.4 is 5.73 Å². The lowest BCUT2D eigenvalue weighted by Crippen LogP contribution is -2.18. The summed E-state index contributed by atoms with van der Waals surface area (Å²) in [5.74, 6) is -0.251. The molecule has 18 heavy (non-hydrogen) atoms. The Balaban J connectivity index is 1.97. The lowest BCUT2D eigenvalue weighted by molar-refractivity contribution is 0.0267. The molecule has 0 unspecified atom stereocenters. The first-order valence-electron chi connectivity index (χ1n) is 6.65. The van der Waals surface area contributed by atoms with Crippen molar-refractivity contribution in [2.75, 3.05) is 0 Å². The number of carbonyl (C=O) groups is 1. The van der Waals surface area contributed by atoms with E-state index in [1.165, 1.54) is 12.8 Å². The van der Waals surface area contributed by atoms with Crippen molar-refractivity contribution in [3.63, 3.8) is 0 Å². The second kappa shape index (κ2) is 6.50. The molecule has 0 amide bonds. The van der Waals surface area contributed by atoms with Crippen LogP contribution >= 0.6 is 0 Å². The minimum atomic E-state index is -0.251. The monoisotopic (exact) mass is 248 g/mol. The van der Waals surface area contributed by atoms with Gasteiger partial charge in [0.05, 0.1) is 11.3 Å². The average Bonchev–Trinajstić information content (AvgIpc) is 2.67. The van der Waals surface area contributed by atoms with Gasteiger partial charge in [0.25, 0.3) is 0 Å². The first kappa shape index (κ1) is 13.0. The fourth-order valence-corrected chi connectivity index (χ4v) is 2.30. The molecule has 0 atom stereocenters. The fourth-order valence-electron chi connectivity index (χ4n) is 2.30. The summed E-state index contributed by atoms with van der Waals surface area (Å²) in [7, 11) is 0. The molecule has 1 fully saturated rings. The van der Waals surface area contributed by atoms with Crippen molar-refractivity contribution in [2.45, 2.75) is 51.2 Å². The molecule has 0 saturated heterocycles. The van der Waals surface area contributed by atoms with E-state index in [1.54, 1.807) is 18.3 Å². The SMILES string of the molecule is NCc1cc(C(=O)OC2CCCCCC2)ccn1. The molecular formula is C14H20N2O2. The molecule has 2 rings (SSSR count). The van der Waals surface area contributed by atoms with Gasteiger partial charge in [0.1, 0.15) is 6.10 Å². The number of carbonyl (C=O) groups excluding carboxylic acids is 1. The Morgan fingerprint density at radius 1 is 1.33 bits per heavy atom. The van der Waals surface area contributed by atoms with Gasteiger partial charge in [0, 0.05) is 12.7 Å². The number of hydrogen-bond acceptors (Lipinski definition) is 4. The van der Waals surface area contributed by atoms with Crippen molar-refractivity contribution < 1.29 is 9.53 Å². The van der Waals surface area contributed by atoms with Crippen LogP contribution in [0.2, 0.25) is 0 Å². The summed E-state index contributed by atoms with van der Waals surface area (Å²) in [4.78, 5) is 16.1. The van der Waals surface area contributed by atoms with Gasteiger partial charge in [-0.05, 0) is 37.8 Å². The number of nitrogens with two attached hydrogens (primary N) is 1. The third-order valence-electron chi connectivity index (χ3n) is 3.34. The molecule has 4 nitrogen and oxygen atoms in total. The van der Waals surface area contributed by atoms with Crippen molar-refractivity contribution in [3.8, 4) is 0 Å². The van der Waals surface area contributed by atoms with E-state index in [-0.39, 0.29) is 12.1 Å². The third kappa shape index (κ3) is 3.53. The highest BCUT2D eigenvalue weighted by Crippen LogP contribution is 2.20. The van der Waals surface area contributed by atoms with Crippen molar-refractivity contribution in [3.05, 3.63) is 29.6 Å². The van der Waals surface area contributed by atoms with Gasteiger partial charge in [-0.25, -0.2) is 4.79 Å². The first-order chi connectivity index (χ1) is 8.79. The Kier molecular flexibility index (Phi) is 4.70. The molecule has 1 aromatic heterocycles. The molecule has 1 saturated carbocycles. The second-order valence-corrected chi connectivity index (χ2v) is 4.76. The standard InChI is InChI=1S/C14H20N2O2/c15-10-12-9-11(7-8-16-12)14(17)18-13-5-3-1-2-4-6-13/h7-9,13H,1-6,10,15H2. The fraction of sp³-hybridized carbons (Fsp3) is 0.571. The third-order valence-corrected chi connectivity index (χ3v) is 3.34. The molecule has 4 heteroatoms. The number of ether oxygens (including phenoxy) is 1. The molecule has 1 heterocycles. The van der Waals surface area contributed by atoms with E-state index >= 15 is 0 Å². The molecule has 1 aliphatic carbocycles. The number of pyridine rings is 1. The average molecular weight is 248 g/mol. The highest BCUT2D eigenvalue weighted by atomic mass is 16.5. The maximum atomic E-state index is 12.0. The van der Waals surface area contributed by atoms with Crippen LogP contribution in [0, 0.1) is 0 Å². The Bertz CT molecular complexity index is 399. The Morgan fingerprint density at radius 2 is 2.06 bits per heavy atom. The maximum absolute atomic E-state index is 12.0. The molecule has 0 aromatic carbocycles. The Labute approximate surface area is 108 Å². The van der Waals surface area contributed by atoms with E-state index in [9.17, 15) is 4.79 Å². The molecule has 1 aromatic rings. The van der Waals surface area contributed by atoms with Crippen LogP contribution in [-0.2, 0) is 11.3 Å². The van der Waals surface area contributed by atoms with Gasteiger partial charge in [-0.1, -0.05) is 12.8 Å². The molecule has 2 N–H and O–H groups in total. The predicted octanol–water partition coefficient (Wildman–Crippen LogP) is 2.42. The van der Waals surface area contributed by atoms with Gasteiger partial charge in [-0.3, -0.25) is 4.98 Å². The molecular weight excluding hydrogens is 228 g/mol. The van der Waals surface area contributed by atoms with E-state index < -0.39 is 0 Å². The van der Waals surface area contributed by atoms with Gasteiger partial charge < -0.3 is 10.5 Å². The highest BCUT2D eigenvalue weighted by Gasteiger charge is 2.17. The summed E-state index contributed by atoms with van der Waals surface area (Å²) in [6.07, 6.45) is 8.47. The molecule has 0 radical (unpaired) electrons. The van der Waals surface area contributed by atoms with Gasteiger partial charge >= 0.3 is 5.97 Å². The van der Waals surface area contributed by atoms with Crippen LogP contribution in [-0.4, -0.2) is 17.1 Å². The second-order valence-electron chi connectivity index (χ2n) is 4.76. The zero-order chi connectivity index (χ0) is 12.8.